The highest BCUT2D eigenvalue weighted by Gasteiger charge is 2.25. The average molecular weight is 576 g/mol. The zero-order valence-electron chi connectivity index (χ0n) is 29.9. The van der Waals surface area contributed by atoms with Crippen LogP contribution in [0.1, 0.15) is 186 Å². The second-order valence-corrected chi connectivity index (χ2v) is 18.8. The standard InChI is InChI=1S/4C10H17.Al/c4*1-5-7-9-10(3,4)8-6-2;/h4*5,7-9H2,1,3-4H3;/q;;;;-1. The number of unbranched alkanes of at least 4 members (excludes halogenated alkanes) is 4. The van der Waals surface area contributed by atoms with Gasteiger partial charge < -0.3 is 19.1 Å². The van der Waals surface area contributed by atoms with Crippen molar-refractivity contribution in [1.82, 2.24) is 0 Å². The van der Waals surface area contributed by atoms with E-state index < -0.39 is 13.1 Å². The Morgan fingerprint density at radius 2 is 0.561 bits per heavy atom. The van der Waals surface area contributed by atoms with E-state index in [-0.39, 0.29) is 21.7 Å². The van der Waals surface area contributed by atoms with E-state index in [1.165, 1.54) is 77.0 Å². The van der Waals surface area contributed by atoms with Crippen molar-refractivity contribution in [2.75, 3.05) is 0 Å². The van der Waals surface area contributed by atoms with Crippen molar-refractivity contribution in [2.24, 2.45) is 21.7 Å². The van der Waals surface area contributed by atoms with Crippen LogP contribution in [0.4, 0.5) is 0 Å². The normalized spacial score (nSPS) is 12.2. The fourth-order valence-electron chi connectivity index (χ4n) is 4.96. The lowest BCUT2D eigenvalue weighted by molar-refractivity contribution is 0.333. The van der Waals surface area contributed by atoms with Gasteiger partial charge in [0.1, 0.15) is 0 Å². The van der Waals surface area contributed by atoms with Gasteiger partial charge in [0.25, 0.3) is 0 Å². The largest absolute Gasteiger partial charge is 0.484 e. The Bertz CT molecular complexity index is 809. The quantitative estimate of drug-likeness (QED) is 0.127. The molecule has 0 fully saturated rings. The third-order valence-corrected chi connectivity index (χ3v) is 10.9. The van der Waals surface area contributed by atoms with Gasteiger partial charge in [-0.3, -0.25) is 0 Å². The molecule has 0 bridgehead atoms. The van der Waals surface area contributed by atoms with E-state index in [2.05, 4.69) is 126 Å². The van der Waals surface area contributed by atoms with E-state index in [1.807, 2.05) is 0 Å². The van der Waals surface area contributed by atoms with Gasteiger partial charge in [0, 0.05) is 25.7 Å². The van der Waals surface area contributed by atoms with Crippen LogP contribution in [0.2, 0.25) is 0 Å². The first-order valence-corrected chi connectivity index (χ1v) is 19.5. The summed E-state index contributed by atoms with van der Waals surface area (Å²) in [5.74, 6) is 14.6. The second kappa shape index (κ2) is 19.9. The minimum Gasteiger partial charge on any atom is -0.311 e. The van der Waals surface area contributed by atoms with E-state index >= 15 is 0 Å². The Balaban J connectivity index is 6.64. The van der Waals surface area contributed by atoms with Crippen LogP contribution in [0.5, 0.6) is 0 Å². The maximum absolute atomic E-state index is 3.75. The molecular formula is C40H68Al-. The van der Waals surface area contributed by atoms with Crippen molar-refractivity contribution < 1.29 is 0 Å². The lowest BCUT2D eigenvalue weighted by Gasteiger charge is -2.24. The predicted molar refractivity (Wildman–Crippen MR) is 189 cm³/mol. The SMILES string of the molecule is CCCCC(C)(C)CC#[C][Al-]([C]#CCC(C)(C)CCCC)([C]#CCC(C)(C)CCCC)[C]#CCC(C)(C)CCCC. The number of rotatable bonds is 16. The molecule has 0 spiro atoms. The maximum Gasteiger partial charge on any atom is 0.484 e. The van der Waals surface area contributed by atoms with Crippen molar-refractivity contribution in [2.45, 2.75) is 186 Å². The molecule has 1 heteroatoms. The molecule has 0 heterocycles. The zero-order valence-corrected chi connectivity index (χ0v) is 31.0. The molecule has 0 aliphatic carbocycles. The molecule has 0 aromatic carbocycles. The topological polar surface area (TPSA) is 0 Å². The van der Waals surface area contributed by atoms with Crippen LogP contribution >= 0.6 is 0 Å². The highest BCUT2D eigenvalue weighted by atomic mass is 27.2. The minimum atomic E-state index is -3.14. The van der Waals surface area contributed by atoms with Crippen LogP contribution in [-0.4, -0.2) is 13.1 Å². The van der Waals surface area contributed by atoms with E-state index in [0.29, 0.717) is 0 Å². The molecule has 41 heavy (non-hydrogen) atoms. The van der Waals surface area contributed by atoms with Gasteiger partial charge in [-0.05, 0) is 47.3 Å². The lowest BCUT2D eigenvalue weighted by Crippen LogP contribution is -2.30. The molecule has 0 aromatic rings. The molecule has 0 saturated heterocycles. The van der Waals surface area contributed by atoms with Gasteiger partial charge in [-0.25, -0.2) is 0 Å². The van der Waals surface area contributed by atoms with Gasteiger partial charge >= 0.3 is 13.1 Å². The Hall–Kier alpha value is -1.23. The molecule has 0 radical (unpaired) electrons. The summed E-state index contributed by atoms with van der Waals surface area (Å²) in [7, 11) is 0. The zero-order chi connectivity index (χ0) is 31.5. The van der Waals surface area contributed by atoms with Crippen LogP contribution in [0.25, 0.3) is 0 Å². The fourth-order valence-corrected chi connectivity index (χ4v) is 7.03. The summed E-state index contributed by atoms with van der Waals surface area (Å²) < 4.78 is 0. The number of hydrogen-bond donors (Lipinski definition) is 0. The Morgan fingerprint density at radius 3 is 0.732 bits per heavy atom. The molecule has 0 saturated carbocycles. The van der Waals surface area contributed by atoms with E-state index in [0.717, 1.165) is 25.7 Å². The van der Waals surface area contributed by atoms with Crippen LogP contribution < -0.4 is 0 Å². The Labute approximate surface area is 262 Å². The first-order chi connectivity index (χ1) is 19.1. The van der Waals surface area contributed by atoms with Crippen LogP contribution in [-0.2, 0) is 0 Å². The average Bonchev–Trinajstić information content (AvgIpc) is 2.88. The van der Waals surface area contributed by atoms with Gasteiger partial charge in [-0.15, -0.1) is 0 Å². The summed E-state index contributed by atoms with van der Waals surface area (Å²) in [5, 5.41) is 0. The first-order valence-electron chi connectivity index (χ1n) is 17.2. The smallest absolute Gasteiger partial charge is 0.311 e. The van der Waals surface area contributed by atoms with Crippen LogP contribution in [0.15, 0.2) is 0 Å². The van der Waals surface area contributed by atoms with Gasteiger partial charge in [0.2, 0.25) is 0 Å². The molecule has 0 aliphatic rings. The molecule has 0 N–H and O–H groups in total. The molecule has 0 amide bonds. The molecule has 0 nitrogen and oxygen atoms in total. The summed E-state index contributed by atoms with van der Waals surface area (Å²) in [5.41, 5.74) is 0.866. The molecule has 0 rings (SSSR count). The maximum atomic E-state index is 3.75. The molecule has 0 aliphatic heterocycles. The highest BCUT2D eigenvalue weighted by molar-refractivity contribution is 7.06. The van der Waals surface area contributed by atoms with Gasteiger partial charge in [0.15, 0.2) is 0 Å². The van der Waals surface area contributed by atoms with E-state index in [4.69, 9.17) is 0 Å². The Kier molecular flexibility index (Phi) is 19.3. The van der Waals surface area contributed by atoms with Crippen molar-refractivity contribution in [3.8, 4) is 42.8 Å². The lowest BCUT2D eigenvalue weighted by atomic mass is 9.84. The third-order valence-electron chi connectivity index (χ3n) is 8.37. The second-order valence-electron chi connectivity index (χ2n) is 15.9. The molecule has 232 valence electrons. The predicted octanol–water partition coefficient (Wildman–Crippen LogP) is 12.0. The van der Waals surface area contributed by atoms with Crippen molar-refractivity contribution in [1.29, 1.82) is 0 Å². The fraction of sp³-hybridized carbons (Fsp3) is 0.800. The number of hydrogen-bond acceptors (Lipinski definition) is 0. The van der Waals surface area contributed by atoms with Crippen molar-refractivity contribution in [3.63, 3.8) is 0 Å². The molecule has 0 unspecified atom stereocenters. The van der Waals surface area contributed by atoms with Gasteiger partial charge in [-0.2, -0.15) is 23.7 Å². The summed E-state index contributed by atoms with van der Waals surface area (Å²) in [6.45, 7) is 27.9. The Morgan fingerprint density at radius 1 is 0.366 bits per heavy atom. The summed E-state index contributed by atoms with van der Waals surface area (Å²) in [4.78, 5) is 15.0. The van der Waals surface area contributed by atoms with Crippen molar-refractivity contribution in [3.05, 3.63) is 0 Å². The molecule has 0 aromatic heterocycles. The third kappa shape index (κ3) is 20.3. The monoisotopic (exact) mass is 576 g/mol. The first kappa shape index (κ1) is 39.8. The summed E-state index contributed by atoms with van der Waals surface area (Å²) in [6.07, 6.45) is 18.4. The molecular weight excluding hydrogens is 507 g/mol. The van der Waals surface area contributed by atoms with Crippen LogP contribution in [0.3, 0.4) is 0 Å². The van der Waals surface area contributed by atoms with E-state index in [9.17, 15) is 0 Å². The van der Waals surface area contributed by atoms with Crippen molar-refractivity contribution >= 4 is 13.1 Å². The van der Waals surface area contributed by atoms with Gasteiger partial charge in [0.05, 0.1) is 0 Å². The molecule has 0 atom stereocenters. The minimum absolute atomic E-state index is 0.217. The van der Waals surface area contributed by atoms with Gasteiger partial charge in [-0.1, -0.05) is 134 Å². The van der Waals surface area contributed by atoms with Crippen LogP contribution in [0, 0.1) is 64.5 Å². The van der Waals surface area contributed by atoms with E-state index in [1.54, 1.807) is 0 Å². The summed E-state index contributed by atoms with van der Waals surface area (Å²) >= 11 is -3.14. The summed E-state index contributed by atoms with van der Waals surface area (Å²) in [6, 6.07) is 0. The highest BCUT2D eigenvalue weighted by Crippen LogP contribution is 2.29.